The first-order valence-electron chi connectivity index (χ1n) is 5.55. The van der Waals surface area contributed by atoms with Gasteiger partial charge in [0.15, 0.2) is 0 Å². The van der Waals surface area contributed by atoms with E-state index in [1.807, 2.05) is 0 Å². The van der Waals surface area contributed by atoms with E-state index in [1.165, 1.54) is 31.2 Å². The average molecular weight is 209 g/mol. The molecule has 0 amide bonds. The second-order valence-electron chi connectivity index (χ2n) is 4.60. The van der Waals surface area contributed by atoms with Crippen molar-refractivity contribution in [1.29, 1.82) is 0 Å². The fraction of sp³-hybridized carbons (Fsp3) is 0.667. The summed E-state index contributed by atoms with van der Waals surface area (Å²) >= 11 is 1.75. The average Bonchev–Trinajstić information content (AvgIpc) is 2.71. The van der Waals surface area contributed by atoms with E-state index in [0.717, 1.165) is 11.8 Å². The van der Waals surface area contributed by atoms with Crippen LogP contribution in [-0.4, -0.2) is 0 Å². The van der Waals surface area contributed by atoms with E-state index >= 15 is 0 Å². The SMILES string of the molecule is CC1CCC(C(N)c2ccsc2)CC1. The van der Waals surface area contributed by atoms with Gasteiger partial charge >= 0.3 is 0 Å². The van der Waals surface area contributed by atoms with Crippen molar-refractivity contribution in [3.8, 4) is 0 Å². The minimum absolute atomic E-state index is 0.286. The van der Waals surface area contributed by atoms with Crippen LogP contribution >= 0.6 is 11.3 Å². The van der Waals surface area contributed by atoms with Gasteiger partial charge in [-0.2, -0.15) is 11.3 Å². The molecular formula is C12H19NS. The Labute approximate surface area is 90.3 Å². The quantitative estimate of drug-likeness (QED) is 0.791. The van der Waals surface area contributed by atoms with E-state index in [4.69, 9.17) is 5.73 Å². The van der Waals surface area contributed by atoms with Crippen molar-refractivity contribution in [2.24, 2.45) is 17.6 Å². The lowest BCUT2D eigenvalue weighted by molar-refractivity contribution is 0.256. The molecule has 0 radical (unpaired) electrons. The van der Waals surface area contributed by atoms with Crippen LogP contribution < -0.4 is 5.73 Å². The molecule has 0 aromatic carbocycles. The maximum atomic E-state index is 6.27. The van der Waals surface area contributed by atoms with Crippen molar-refractivity contribution < 1.29 is 0 Å². The second-order valence-corrected chi connectivity index (χ2v) is 5.38. The summed E-state index contributed by atoms with van der Waals surface area (Å²) < 4.78 is 0. The fourth-order valence-corrected chi connectivity index (χ4v) is 3.09. The molecule has 14 heavy (non-hydrogen) atoms. The minimum atomic E-state index is 0.286. The Morgan fingerprint density at radius 3 is 2.64 bits per heavy atom. The third-order valence-corrected chi connectivity index (χ3v) is 4.20. The van der Waals surface area contributed by atoms with Crippen LogP contribution in [0.3, 0.4) is 0 Å². The molecule has 2 rings (SSSR count). The second kappa shape index (κ2) is 4.45. The van der Waals surface area contributed by atoms with Crippen LogP contribution in [0.4, 0.5) is 0 Å². The molecule has 1 aromatic heterocycles. The molecule has 1 fully saturated rings. The Morgan fingerprint density at radius 1 is 1.36 bits per heavy atom. The summed E-state index contributed by atoms with van der Waals surface area (Å²) in [6.07, 6.45) is 5.36. The number of hydrogen-bond donors (Lipinski definition) is 1. The van der Waals surface area contributed by atoms with Crippen LogP contribution in [0.1, 0.15) is 44.2 Å². The molecular weight excluding hydrogens is 190 g/mol. The van der Waals surface area contributed by atoms with Crippen molar-refractivity contribution in [2.75, 3.05) is 0 Å². The topological polar surface area (TPSA) is 26.0 Å². The highest BCUT2D eigenvalue weighted by Gasteiger charge is 2.24. The number of thiophene rings is 1. The van der Waals surface area contributed by atoms with Crippen LogP contribution in [0.2, 0.25) is 0 Å². The van der Waals surface area contributed by atoms with Gasteiger partial charge in [-0.25, -0.2) is 0 Å². The predicted molar refractivity (Wildman–Crippen MR) is 62.4 cm³/mol. The highest BCUT2D eigenvalue weighted by Crippen LogP contribution is 2.35. The van der Waals surface area contributed by atoms with E-state index in [-0.39, 0.29) is 6.04 Å². The van der Waals surface area contributed by atoms with Crippen LogP contribution in [0.25, 0.3) is 0 Å². The largest absolute Gasteiger partial charge is 0.324 e. The Morgan fingerprint density at radius 2 is 2.07 bits per heavy atom. The zero-order chi connectivity index (χ0) is 9.97. The Balaban J connectivity index is 1.95. The monoisotopic (exact) mass is 209 g/mol. The van der Waals surface area contributed by atoms with E-state index in [2.05, 4.69) is 23.8 Å². The van der Waals surface area contributed by atoms with Gasteiger partial charge in [-0.15, -0.1) is 0 Å². The zero-order valence-corrected chi connectivity index (χ0v) is 9.59. The highest BCUT2D eigenvalue weighted by atomic mass is 32.1. The molecule has 2 heteroatoms. The van der Waals surface area contributed by atoms with Crippen LogP contribution in [0, 0.1) is 11.8 Å². The summed E-state index contributed by atoms with van der Waals surface area (Å²) in [4.78, 5) is 0. The van der Waals surface area contributed by atoms with Gasteiger partial charge in [0.1, 0.15) is 0 Å². The summed E-state index contributed by atoms with van der Waals surface area (Å²) in [5, 5.41) is 4.32. The fourth-order valence-electron chi connectivity index (χ4n) is 2.38. The molecule has 1 aromatic rings. The van der Waals surface area contributed by atoms with Gasteiger partial charge in [0.05, 0.1) is 0 Å². The lowest BCUT2D eigenvalue weighted by Crippen LogP contribution is -2.25. The Hall–Kier alpha value is -0.340. The first-order valence-corrected chi connectivity index (χ1v) is 6.49. The van der Waals surface area contributed by atoms with Crippen molar-refractivity contribution in [2.45, 2.75) is 38.6 Å². The van der Waals surface area contributed by atoms with Crippen molar-refractivity contribution >= 4 is 11.3 Å². The summed E-state index contributed by atoms with van der Waals surface area (Å²) in [6, 6.07) is 2.46. The van der Waals surface area contributed by atoms with Gasteiger partial charge in [-0.1, -0.05) is 19.8 Å². The number of nitrogens with two attached hydrogens (primary N) is 1. The molecule has 1 atom stereocenters. The van der Waals surface area contributed by atoms with Gasteiger partial charge < -0.3 is 5.73 Å². The normalized spacial score (nSPS) is 30.1. The third kappa shape index (κ3) is 2.18. The summed E-state index contributed by atoms with van der Waals surface area (Å²) in [6.45, 7) is 2.35. The molecule has 2 N–H and O–H groups in total. The molecule has 0 saturated heterocycles. The highest BCUT2D eigenvalue weighted by molar-refractivity contribution is 7.07. The van der Waals surface area contributed by atoms with Crippen LogP contribution in [0.15, 0.2) is 16.8 Å². The third-order valence-electron chi connectivity index (χ3n) is 3.50. The summed E-state index contributed by atoms with van der Waals surface area (Å²) in [5.41, 5.74) is 7.61. The van der Waals surface area contributed by atoms with E-state index in [1.54, 1.807) is 11.3 Å². The standard InChI is InChI=1S/C12H19NS/c1-9-2-4-10(5-3-9)12(13)11-6-7-14-8-11/h6-10,12H,2-5,13H2,1H3. The lowest BCUT2D eigenvalue weighted by atomic mass is 9.78. The Bertz CT molecular complexity index is 260. The molecule has 1 unspecified atom stereocenters. The van der Waals surface area contributed by atoms with E-state index in [0.29, 0.717) is 0 Å². The van der Waals surface area contributed by atoms with Crippen LogP contribution in [-0.2, 0) is 0 Å². The molecule has 0 aliphatic heterocycles. The van der Waals surface area contributed by atoms with Crippen molar-refractivity contribution in [1.82, 2.24) is 0 Å². The number of hydrogen-bond acceptors (Lipinski definition) is 2. The molecule has 0 spiro atoms. The molecule has 1 nitrogen and oxygen atoms in total. The predicted octanol–water partition coefficient (Wildman–Crippen LogP) is 3.57. The smallest absolute Gasteiger partial charge is 0.0331 e. The Kier molecular flexibility index (Phi) is 3.24. The van der Waals surface area contributed by atoms with E-state index in [9.17, 15) is 0 Å². The molecule has 0 bridgehead atoms. The van der Waals surface area contributed by atoms with Gasteiger partial charge in [0.2, 0.25) is 0 Å². The molecule has 1 aliphatic carbocycles. The van der Waals surface area contributed by atoms with Gasteiger partial charge in [0, 0.05) is 6.04 Å². The van der Waals surface area contributed by atoms with Gasteiger partial charge in [-0.05, 0) is 47.1 Å². The van der Waals surface area contributed by atoms with Crippen molar-refractivity contribution in [3.63, 3.8) is 0 Å². The maximum absolute atomic E-state index is 6.27. The van der Waals surface area contributed by atoms with Crippen molar-refractivity contribution in [3.05, 3.63) is 22.4 Å². The summed E-state index contributed by atoms with van der Waals surface area (Å²) in [5.74, 6) is 1.64. The minimum Gasteiger partial charge on any atom is -0.324 e. The zero-order valence-electron chi connectivity index (χ0n) is 8.78. The molecule has 78 valence electrons. The number of rotatable bonds is 2. The molecule has 1 saturated carbocycles. The van der Waals surface area contributed by atoms with Gasteiger partial charge in [0.25, 0.3) is 0 Å². The molecule has 1 aliphatic rings. The maximum Gasteiger partial charge on any atom is 0.0331 e. The summed E-state index contributed by atoms with van der Waals surface area (Å²) in [7, 11) is 0. The first kappa shape index (κ1) is 10.2. The molecule has 1 heterocycles. The lowest BCUT2D eigenvalue weighted by Gasteiger charge is -2.30. The first-order chi connectivity index (χ1) is 6.77. The van der Waals surface area contributed by atoms with E-state index < -0.39 is 0 Å². The van der Waals surface area contributed by atoms with Crippen LogP contribution in [0.5, 0.6) is 0 Å². The van der Waals surface area contributed by atoms with Gasteiger partial charge in [-0.3, -0.25) is 0 Å².